The van der Waals surface area contributed by atoms with Crippen LogP contribution >= 0.6 is 0 Å². The molecule has 9 heteroatoms. The van der Waals surface area contributed by atoms with Crippen LogP contribution < -0.4 is 10.6 Å². The molecule has 0 unspecified atom stereocenters. The summed E-state index contributed by atoms with van der Waals surface area (Å²) in [6.07, 6.45) is -0.251. The van der Waals surface area contributed by atoms with E-state index in [1.54, 1.807) is 18.3 Å². The minimum Gasteiger partial charge on any atom is -0.338 e. The third kappa shape index (κ3) is 5.60. The number of carbonyl (C=O) groups is 1. The molecule has 1 aliphatic rings. The van der Waals surface area contributed by atoms with Gasteiger partial charge in [-0.1, -0.05) is 38.1 Å². The van der Waals surface area contributed by atoms with E-state index in [4.69, 9.17) is 0 Å². The average Bonchev–Trinajstić information content (AvgIpc) is 3.61. The topological polar surface area (TPSA) is 90.7 Å². The quantitative estimate of drug-likeness (QED) is 0.468. The van der Waals surface area contributed by atoms with Crippen LogP contribution in [0.25, 0.3) is 22.0 Å². The van der Waals surface area contributed by atoms with Gasteiger partial charge in [0.05, 0.1) is 23.3 Å². The van der Waals surface area contributed by atoms with Crippen molar-refractivity contribution < 1.29 is 18.0 Å². The molecular weight excluding hydrogens is 455 g/mol. The lowest BCUT2D eigenvalue weighted by Gasteiger charge is -2.27. The van der Waals surface area contributed by atoms with Gasteiger partial charge in [-0.2, -0.15) is 18.4 Å². The van der Waals surface area contributed by atoms with Crippen molar-refractivity contribution in [3.63, 3.8) is 0 Å². The van der Waals surface area contributed by atoms with E-state index in [1.807, 2.05) is 38.1 Å². The Labute approximate surface area is 201 Å². The Morgan fingerprint density at radius 2 is 1.91 bits per heavy atom. The van der Waals surface area contributed by atoms with Crippen molar-refractivity contribution in [2.24, 2.45) is 5.92 Å². The molecule has 3 aromatic rings. The summed E-state index contributed by atoms with van der Waals surface area (Å²) in [6, 6.07) is 11.0. The number of amides is 1. The highest BCUT2D eigenvalue weighted by Crippen LogP contribution is 2.36. The maximum atomic E-state index is 14.0. The number of nitrogens with one attached hydrogen (secondary N) is 2. The zero-order valence-corrected chi connectivity index (χ0v) is 19.4. The molecule has 2 N–H and O–H groups in total. The zero-order chi connectivity index (χ0) is 25.2. The summed E-state index contributed by atoms with van der Waals surface area (Å²) in [5, 5.41) is 15.3. The lowest BCUT2D eigenvalue weighted by molar-refractivity contribution is -0.165. The third-order valence-electron chi connectivity index (χ3n) is 6.09. The predicted molar refractivity (Wildman–Crippen MR) is 126 cm³/mol. The van der Waals surface area contributed by atoms with Crippen LogP contribution in [0.4, 0.5) is 13.2 Å². The fourth-order valence-electron chi connectivity index (χ4n) is 4.11. The molecule has 1 amide bonds. The average molecular weight is 482 g/mol. The van der Waals surface area contributed by atoms with E-state index in [0.29, 0.717) is 24.8 Å². The number of rotatable bonds is 8. The summed E-state index contributed by atoms with van der Waals surface area (Å²) in [5.41, 5.74) is 1.07. The molecule has 1 aromatic carbocycles. The van der Waals surface area contributed by atoms with Gasteiger partial charge in [0.1, 0.15) is 5.54 Å². The first-order chi connectivity index (χ1) is 16.6. The second-order valence-corrected chi connectivity index (χ2v) is 9.35. The van der Waals surface area contributed by atoms with Crippen molar-refractivity contribution in [2.75, 3.05) is 0 Å². The molecule has 182 valence electrons. The Balaban J connectivity index is 1.59. The molecule has 1 aliphatic carbocycles. The highest BCUT2D eigenvalue weighted by Gasteiger charge is 2.48. The van der Waals surface area contributed by atoms with Gasteiger partial charge < -0.3 is 5.32 Å². The number of pyridine rings is 2. The van der Waals surface area contributed by atoms with E-state index < -0.39 is 29.7 Å². The van der Waals surface area contributed by atoms with Gasteiger partial charge in [0.15, 0.2) is 6.04 Å². The van der Waals surface area contributed by atoms with Gasteiger partial charge in [-0.15, -0.1) is 0 Å². The monoisotopic (exact) mass is 481 g/mol. The first kappa shape index (κ1) is 24.6. The highest BCUT2D eigenvalue weighted by atomic mass is 19.4. The SMILES string of the molecule is CC(C)C[C@H](NC1(C#N)CC1)C(=O)N[C@@H](c1ccc(-c2cccc3ncccc23)cn1)C(F)(F)F. The predicted octanol–water partition coefficient (Wildman–Crippen LogP) is 5.08. The Hall–Kier alpha value is -3.51. The molecule has 0 spiro atoms. The fraction of sp³-hybridized carbons (Fsp3) is 0.385. The number of hydrogen-bond donors (Lipinski definition) is 2. The number of halogens is 3. The highest BCUT2D eigenvalue weighted by molar-refractivity contribution is 5.94. The van der Waals surface area contributed by atoms with Crippen molar-refractivity contribution in [3.8, 4) is 17.2 Å². The van der Waals surface area contributed by atoms with Crippen molar-refractivity contribution in [1.82, 2.24) is 20.6 Å². The summed E-state index contributed by atoms with van der Waals surface area (Å²) in [6.45, 7) is 3.75. The normalized spacial score (nSPS) is 16.5. The summed E-state index contributed by atoms with van der Waals surface area (Å²) in [7, 11) is 0. The number of fused-ring (bicyclic) bond motifs is 1. The van der Waals surface area contributed by atoms with E-state index >= 15 is 0 Å². The van der Waals surface area contributed by atoms with Crippen LogP contribution in [0.1, 0.15) is 44.8 Å². The number of nitriles is 1. The summed E-state index contributed by atoms with van der Waals surface area (Å²) in [4.78, 5) is 21.3. The maximum Gasteiger partial charge on any atom is 0.414 e. The molecule has 2 atom stereocenters. The molecule has 4 rings (SSSR count). The van der Waals surface area contributed by atoms with Crippen LogP contribution in [0, 0.1) is 17.2 Å². The number of alkyl halides is 3. The second-order valence-electron chi connectivity index (χ2n) is 9.35. The van der Waals surface area contributed by atoms with Crippen LogP contribution in [0.3, 0.4) is 0 Å². The number of benzene rings is 1. The third-order valence-corrected chi connectivity index (χ3v) is 6.09. The van der Waals surface area contributed by atoms with Gasteiger partial charge in [-0.3, -0.25) is 20.1 Å². The summed E-state index contributed by atoms with van der Waals surface area (Å²) < 4.78 is 42.0. The van der Waals surface area contributed by atoms with Gasteiger partial charge >= 0.3 is 6.18 Å². The van der Waals surface area contributed by atoms with Crippen molar-refractivity contribution >= 4 is 16.8 Å². The Morgan fingerprint density at radius 3 is 2.51 bits per heavy atom. The molecule has 6 nitrogen and oxygen atoms in total. The lowest BCUT2D eigenvalue weighted by Crippen LogP contribution is -2.52. The molecule has 35 heavy (non-hydrogen) atoms. The molecule has 0 radical (unpaired) electrons. The molecular formula is C26H26F3N5O. The number of nitrogens with zero attached hydrogens (tertiary/aromatic N) is 3. The molecule has 1 saturated carbocycles. The van der Waals surface area contributed by atoms with Crippen LogP contribution in [0.5, 0.6) is 0 Å². The first-order valence-corrected chi connectivity index (χ1v) is 11.5. The number of aromatic nitrogens is 2. The summed E-state index contributed by atoms with van der Waals surface area (Å²) in [5.74, 6) is -0.752. The lowest BCUT2D eigenvalue weighted by atomic mass is 10.00. The van der Waals surface area contributed by atoms with E-state index in [9.17, 15) is 23.2 Å². The summed E-state index contributed by atoms with van der Waals surface area (Å²) >= 11 is 0. The van der Waals surface area contributed by atoms with Gasteiger partial charge in [0.2, 0.25) is 5.91 Å². The largest absolute Gasteiger partial charge is 0.414 e. The molecule has 1 fully saturated rings. The second kappa shape index (κ2) is 9.62. The molecule has 2 heterocycles. The van der Waals surface area contributed by atoms with E-state index in [2.05, 4.69) is 26.7 Å². The minimum absolute atomic E-state index is 0.0460. The first-order valence-electron chi connectivity index (χ1n) is 11.5. The molecule has 0 bridgehead atoms. The molecule has 2 aromatic heterocycles. The number of hydrogen-bond acceptors (Lipinski definition) is 5. The van der Waals surface area contributed by atoms with Crippen LogP contribution in [0.2, 0.25) is 0 Å². The van der Waals surface area contributed by atoms with Gasteiger partial charge in [0, 0.05) is 23.3 Å². The molecule has 0 saturated heterocycles. The van der Waals surface area contributed by atoms with Gasteiger partial charge in [-0.05, 0) is 48.9 Å². The Morgan fingerprint density at radius 1 is 1.14 bits per heavy atom. The Bertz CT molecular complexity index is 1240. The van der Waals surface area contributed by atoms with Crippen LogP contribution in [-0.2, 0) is 4.79 Å². The van der Waals surface area contributed by atoms with E-state index in [0.717, 1.165) is 16.5 Å². The van der Waals surface area contributed by atoms with Gasteiger partial charge in [-0.25, -0.2) is 0 Å². The fourth-order valence-corrected chi connectivity index (χ4v) is 4.11. The van der Waals surface area contributed by atoms with Gasteiger partial charge in [0.25, 0.3) is 0 Å². The smallest absolute Gasteiger partial charge is 0.338 e. The molecule has 0 aliphatic heterocycles. The zero-order valence-electron chi connectivity index (χ0n) is 19.4. The van der Waals surface area contributed by atoms with Crippen molar-refractivity contribution in [3.05, 3.63) is 60.6 Å². The van der Waals surface area contributed by atoms with E-state index in [-0.39, 0.29) is 11.6 Å². The van der Waals surface area contributed by atoms with Crippen LogP contribution in [0.15, 0.2) is 54.9 Å². The standard InChI is InChI=1S/C26H26F3N5O/c1-16(2)13-22(34-25(15-30)10-11-25)24(35)33-23(26(27,28)29)21-9-8-17(14-32-21)18-5-3-7-20-19(18)6-4-12-31-20/h3-9,12,14,16,22-23,34H,10-11,13H2,1-2H3,(H,33,35)/t22-,23-/m0/s1. The van der Waals surface area contributed by atoms with Crippen molar-refractivity contribution in [1.29, 1.82) is 5.26 Å². The van der Waals surface area contributed by atoms with Crippen LogP contribution in [-0.4, -0.2) is 33.6 Å². The van der Waals surface area contributed by atoms with Crippen molar-refractivity contribution in [2.45, 2.75) is 56.9 Å². The van der Waals surface area contributed by atoms with E-state index in [1.165, 1.54) is 12.3 Å². The minimum atomic E-state index is -4.75. The Kier molecular flexibility index (Phi) is 6.77. The maximum absolute atomic E-state index is 14.0. The number of carbonyl (C=O) groups excluding carboxylic acids is 1.